The molecule has 3 amide bonds. The fourth-order valence-corrected chi connectivity index (χ4v) is 3.97. The van der Waals surface area contributed by atoms with Crippen LogP contribution in [0.3, 0.4) is 0 Å². The number of likely N-dealkylation sites (tertiary alicyclic amines) is 2. The predicted molar refractivity (Wildman–Crippen MR) is 105 cm³/mol. The average molecular weight is 399 g/mol. The third-order valence-electron chi connectivity index (χ3n) is 5.45. The van der Waals surface area contributed by atoms with Gasteiger partial charge in [0.05, 0.1) is 11.6 Å². The standard InChI is InChI=1S/C19H27FN4O2.ClH/c1-13-9-14(10-21)11-24(13)18(25)15-5-4-8-23(12-15)19(26)22-17-7-3-2-6-16(17)20;/h2-3,6-7,13-15H,4-5,8-12,21H2,1H3,(H,22,26);1H. The molecule has 0 aromatic heterocycles. The van der Waals surface area contributed by atoms with Crippen molar-refractivity contribution in [2.45, 2.75) is 32.2 Å². The van der Waals surface area contributed by atoms with Crippen molar-refractivity contribution in [1.29, 1.82) is 0 Å². The molecule has 2 fully saturated rings. The lowest BCUT2D eigenvalue weighted by molar-refractivity contribution is -0.137. The molecule has 6 nitrogen and oxygen atoms in total. The number of piperidine rings is 1. The number of carbonyl (C=O) groups excluding carboxylic acids is 2. The van der Waals surface area contributed by atoms with E-state index in [2.05, 4.69) is 12.2 Å². The Hall–Kier alpha value is -1.86. The first-order valence-electron chi connectivity index (χ1n) is 9.30. The summed E-state index contributed by atoms with van der Waals surface area (Å²) in [5.41, 5.74) is 5.91. The summed E-state index contributed by atoms with van der Waals surface area (Å²) in [4.78, 5) is 28.9. The average Bonchev–Trinajstić information content (AvgIpc) is 3.04. The summed E-state index contributed by atoms with van der Waals surface area (Å²) in [6.07, 6.45) is 2.48. The van der Waals surface area contributed by atoms with Gasteiger partial charge in [-0.05, 0) is 50.8 Å². The molecule has 2 aliphatic rings. The highest BCUT2D eigenvalue weighted by Gasteiger charge is 2.37. The number of nitrogens with one attached hydrogen (secondary N) is 1. The van der Waals surface area contributed by atoms with Gasteiger partial charge in [-0.3, -0.25) is 4.79 Å². The van der Waals surface area contributed by atoms with Crippen molar-refractivity contribution >= 4 is 30.0 Å². The van der Waals surface area contributed by atoms with Gasteiger partial charge < -0.3 is 20.9 Å². The zero-order valence-electron chi connectivity index (χ0n) is 15.6. The van der Waals surface area contributed by atoms with Gasteiger partial charge in [-0.1, -0.05) is 12.1 Å². The number of nitrogens with zero attached hydrogens (tertiary/aromatic N) is 2. The monoisotopic (exact) mass is 398 g/mol. The number of rotatable bonds is 3. The van der Waals surface area contributed by atoms with Crippen molar-refractivity contribution in [3.05, 3.63) is 30.1 Å². The van der Waals surface area contributed by atoms with Crippen LogP contribution in [0.15, 0.2) is 24.3 Å². The van der Waals surface area contributed by atoms with E-state index in [4.69, 9.17) is 5.73 Å². The first-order chi connectivity index (χ1) is 12.5. The summed E-state index contributed by atoms with van der Waals surface area (Å²) in [5, 5.41) is 2.60. The largest absolute Gasteiger partial charge is 0.339 e. The fraction of sp³-hybridized carbons (Fsp3) is 0.579. The summed E-state index contributed by atoms with van der Waals surface area (Å²) < 4.78 is 13.7. The number of halogens is 2. The molecule has 2 saturated heterocycles. The minimum absolute atomic E-state index is 0. The van der Waals surface area contributed by atoms with E-state index >= 15 is 0 Å². The number of benzene rings is 1. The van der Waals surface area contributed by atoms with E-state index in [1.165, 1.54) is 12.1 Å². The van der Waals surface area contributed by atoms with Gasteiger partial charge in [0.2, 0.25) is 5.91 Å². The summed E-state index contributed by atoms with van der Waals surface area (Å²) >= 11 is 0. The molecule has 1 aromatic carbocycles. The second kappa shape index (κ2) is 9.37. The van der Waals surface area contributed by atoms with Crippen LogP contribution in [0.2, 0.25) is 0 Å². The minimum atomic E-state index is -0.468. The Morgan fingerprint density at radius 1 is 1.30 bits per heavy atom. The van der Waals surface area contributed by atoms with Gasteiger partial charge in [-0.25, -0.2) is 9.18 Å². The molecule has 0 spiro atoms. The Morgan fingerprint density at radius 2 is 2.04 bits per heavy atom. The highest BCUT2D eigenvalue weighted by Crippen LogP contribution is 2.27. The molecule has 3 N–H and O–H groups in total. The lowest BCUT2D eigenvalue weighted by atomic mass is 9.96. The number of para-hydroxylation sites is 1. The molecule has 2 heterocycles. The number of hydrogen-bond acceptors (Lipinski definition) is 3. The van der Waals surface area contributed by atoms with Crippen LogP contribution >= 0.6 is 12.4 Å². The summed E-state index contributed by atoms with van der Waals surface area (Å²) in [5.74, 6) is -0.201. The van der Waals surface area contributed by atoms with Crippen molar-refractivity contribution < 1.29 is 14.0 Å². The SMILES string of the molecule is CC1CC(CN)CN1C(=O)C1CCCN(C(=O)Nc2ccccc2F)C1.Cl. The van der Waals surface area contributed by atoms with Crippen molar-refractivity contribution in [3.8, 4) is 0 Å². The van der Waals surface area contributed by atoms with Gasteiger partial charge in [-0.15, -0.1) is 12.4 Å². The number of hydrogen-bond donors (Lipinski definition) is 2. The van der Waals surface area contributed by atoms with Gasteiger partial charge in [0, 0.05) is 25.7 Å². The third-order valence-corrected chi connectivity index (χ3v) is 5.45. The van der Waals surface area contributed by atoms with Crippen molar-refractivity contribution in [2.24, 2.45) is 17.6 Å². The number of anilines is 1. The van der Waals surface area contributed by atoms with E-state index < -0.39 is 5.82 Å². The lowest BCUT2D eigenvalue weighted by Gasteiger charge is -2.35. The lowest BCUT2D eigenvalue weighted by Crippen LogP contribution is -2.48. The molecule has 0 aliphatic carbocycles. The zero-order valence-corrected chi connectivity index (χ0v) is 16.4. The first-order valence-corrected chi connectivity index (χ1v) is 9.30. The molecule has 1 aromatic rings. The highest BCUT2D eigenvalue weighted by atomic mass is 35.5. The molecule has 0 saturated carbocycles. The molecule has 3 unspecified atom stereocenters. The van der Waals surface area contributed by atoms with E-state index in [9.17, 15) is 14.0 Å². The number of carbonyl (C=O) groups is 2. The maximum absolute atomic E-state index is 13.7. The zero-order chi connectivity index (χ0) is 18.7. The molecule has 0 bridgehead atoms. The number of nitrogens with two attached hydrogens (primary N) is 1. The number of amides is 3. The minimum Gasteiger partial charge on any atom is -0.339 e. The maximum Gasteiger partial charge on any atom is 0.321 e. The van der Waals surface area contributed by atoms with Crippen LogP contribution in [-0.2, 0) is 4.79 Å². The van der Waals surface area contributed by atoms with E-state index in [1.807, 2.05) is 4.90 Å². The molecular weight excluding hydrogens is 371 g/mol. The summed E-state index contributed by atoms with van der Waals surface area (Å²) in [6, 6.07) is 5.91. The van der Waals surface area contributed by atoms with Gasteiger partial charge in [0.1, 0.15) is 5.82 Å². The first kappa shape index (κ1) is 21.4. The molecule has 3 rings (SSSR count). The van der Waals surface area contributed by atoms with Gasteiger partial charge >= 0.3 is 6.03 Å². The van der Waals surface area contributed by atoms with Crippen LogP contribution in [-0.4, -0.2) is 54.0 Å². The molecule has 27 heavy (non-hydrogen) atoms. The van der Waals surface area contributed by atoms with E-state index in [0.29, 0.717) is 32.1 Å². The van der Waals surface area contributed by atoms with Crippen LogP contribution in [0.5, 0.6) is 0 Å². The third kappa shape index (κ3) is 4.90. The van der Waals surface area contributed by atoms with E-state index in [0.717, 1.165) is 19.3 Å². The molecule has 3 atom stereocenters. The maximum atomic E-state index is 13.7. The van der Waals surface area contributed by atoms with E-state index in [-0.39, 0.29) is 42.0 Å². The second-order valence-electron chi connectivity index (χ2n) is 7.37. The molecule has 2 aliphatic heterocycles. The summed E-state index contributed by atoms with van der Waals surface area (Å²) in [7, 11) is 0. The predicted octanol–water partition coefficient (Wildman–Crippen LogP) is 2.69. The Morgan fingerprint density at radius 3 is 2.70 bits per heavy atom. The van der Waals surface area contributed by atoms with Crippen LogP contribution < -0.4 is 11.1 Å². The Kier molecular flexibility index (Phi) is 7.44. The summed E-state index contributed by atoms with van der Waals surface area (Å²) in [6.45, 7) is 4.30. The molecule has 0 radical (unpaired) electrons. The smallest absolute Gasteiger partial charge is 0.321 e. The topological polar surface area (TPSA) is 78.7 Å². The van der Waals surface area contributed by atoms with Crippen LogP contribution in [0.25, 0.3) is 0 Å². The molecule has 150 valence electrons. The number of urea groups is 1. The Labute approximate surface area is 165 Å². The fourth-order valence-electron chi connectivity index (χ4n) is 3.97. The highest BCUT2D eigenvalue weighted by molar-refractivity contribution is 5.90. The van der Waals surface area contributed by atoms with Crippen molar-refractivity contribution in [1.82, 2.24) is 9.80 Å². The molecular formula is C19H28ClFN4O2. The van der Waals surface area contributed by atoms with Crippen LogP contribution in [0.1, 0.15) is 26.2 Å². The van der Waals surface area contributed by atoms with Gasteiger partial charge in [0.25, 0.3) is 0 Å². The van der Waals surface area contributed by atoms with Crippen molar-refractivity contribution in [3.63, 3.8) is 0 Å². The Bertz CT molecular complexity index is 675. The Balaban J connectivity index is 0.00000261. The van der Waals surface area contributed by atoms with Gasteiger partial charge in [0.15, 0.2) is 0 Å². The van der Waals surface area contributed by atoms with Gasteiger partial charge in [-0.2, -0.15) is 0 Å². The van der Waals surface area contributed by atoms with Crippen LogP contribution in [0.4, 0.5) is 14.9 Å². The molecule has 8 heteroatoms. The second-order valence-corrected chi connectivity index (χ2v) is 7.37. The quantitative estimate of drug-likeness (QED) is 0.821. The normalized spacial score (nSPS) is 25.1. The van der Waals surface area contributed by atoms with Crippen molar-refractivity contribution in [2.75, 3.05) is 31.5 Å². The van der Waals surface area contributed by atoms with Crippen LogP contribution in [0, 0.1) is 17.7 Å². The van der Waals surface area contributed by atoms with E-state index in [1.54, 1.807) is 17.0 Å².